The van der Waals surface area contributed by atoms with Crippen molar-refractivity contribution < 1.29 is 13.2 Å². The van der Waals surface area contributed by atoms with Gasteiger partial charge in [0.25, 0.3) is 0 Å². The number of thioether (sulfide) groups is 1. The van der Waals surface area contributed by atoms with Gasteiger partial charge in [-0.2, -0.15) is 13.2 Å². The minimum Gasteiger partial charge on any atom is -0.384 e. The minimum atomic E-state index is -4.19. The van der Waals surface area contributed by atoms with Crippen molar-refractivity contribution in [1.29, 1.82) is 0 Å². The number of anilines is 2. The smallest absolute Gasteiger partial charge is 0.384 e. The Morgan fingerprint density at radius 2 is 2.13 bits per heavy atom. The fourth-order valence-corrected chi connectivity index (χ4v) is 1.25. The molecule has 0 atom stereocenters. The summed E-state index contributed by atoms with van der Waals surface area (Å²) in [6.45, 7) is 0.167. The van der Waals surface area contributed by atoms with Crippen molar-refractivity contribution in [3.8, 4) is 0 Å². The van der Waals surface area contributed by atoms with Crippen LogP contribution in [-0.4, -0.2) is 27.8 Å². The van der Waals surface area contributed by atoms with Gasteiger partial charge in [-0.3, -0.25) is 0 Å². The normalized spacial score (nSPS) is 11.4. The van der Waals surface area contributed by atoms with Gasteiger partial charge in [0.05, 0.1) is 0 Å². The van der Waals surface area contributed by atoms with Gasteiger partial charge in [-0.1, -0.05) is 0 Å². The SMILES string of the molecule is Nc1cc(NCCSC(F)(F)F)ncn1. The summed E-state index contributed by atoms with van der Waals surface area (Å²) in [6, 6.07) is 1.46. The molecular weight excluding hydrogens is 229 g/mol. The third kappa shape index (κ3) is 5.31. The molecule has 0 spiro atoms. The summed E-state index contributed by atoms with van der Waals surface area (Å²) in [5.41, 5.74) is 1.17. The predicted molar refractivity (Wildman–Crippen MR) is 53.4 cm³/mol. The van der Waals surface area contributed by atoms with Gasteiger partial charge in [-0.05, 0) is 11.8 Å². The topological polar surface area (TPSA) is 63.8 Å². The number of rotatable bonds is 4. The monoisotopic (exact) mass is 238 g/mol. The van der Waals surface area contributed by atoms with E-state index in [0.717, 1.165) is 0 Å². The first-order valence-corrected chi connectivity index (χ1v) is 4.98. The highest BCUT2D eigenvalue weighted by molar-refractivity contribution is 8.00. The summed E-state index contributed by atoms with van der Waals surface area (Å²) in [5.74, 6) is 0.620. The van der Waals surface area contributed by atoms with Crippen LogP contribution in [0.4, 0.5) is 24.8 Å². The van der Waals surface area contributed by atoms with E-state index in [9.17, 15) is 13.2 Å². The van der Waals surface area contributed by atoms with E-state index in [-0.39, 0.29) is 29.9 Å². The second-order valence-corrected chi connectivity index (χ2v) is 3.71. The molecule has 1 aromatic rings. The molecule has 0 aliphatic carbocycles. The highest BCUT2D eigenvalue weighted by Gasteiger charge is 2.27. The lowest BCUT2D eigenvalue weighted by Crippen LogP contribution is -2.10. The molecule has 0 radical (unpaired) electrons. The summed E-state index contributed by atoms with van der Waals surface area (Å²) in [7, 11) is 0. The number of nitrogen functional groups attached to an aromatic ring is 1. The fraction of sp³-hybridized carbons (Fsp3) is 0.429. The third-order valence-corrected chi connectivity index (χ3v) is 2.10. The summed E-state index contributed by atoms with van der Waals surface area (Å²) >= 11 is -0.0801. The lowest BCUT2D eigenvalue weighted by molar-refractivity contribution is -0.0327. The summed E-state index contributed by atoms with van der Waals surface area (Å²) < 4.78 is 35.2. The van der Waals surface area contributed by atoms with Crippen LogP contribution < -0.4 is 11.1 Å². The number of halogens is 3. The van der Waals surface area contributed by atoms with Crippen molar-refractivity contribution in [3.63, 3.8) is 0 Å². The Labute approximate surface area is 88.5 Å². The van der Waals surface area contributed by atoms with E-state index >= 15 is 0 Å². The van der Waals surface area contributed by atoms with Gasteiger partial charge in [0.1, 0.15) is 18.0 Å². The standard InChI is InChI=1S/C7H9F3N4S/c8-7(9,10)15-2-1-12-6-3-5(11)13-4-14-6/h3-4H,1-2H2,(H3,11,12,13,14). The van der Waals surface area contributed by atoms with Crippen LogP contribution in [0.5, 0.6) is 0 Å². The van der Waals surface area contributed by atoms with E-state index in [1.54, 1.807) is 0 Å². The lowest BCUT2D eigenvalue weighted by atomic mass is 10.5. The molecule has 1 heterocycles. The second kappa shape index (κ2) is 5.06. The first-order valence-electron chi connectivity index (χ1n) is 3.99. The van der Waals surface area contributed by atoms with Gasteiger partial charge in [0.2, 0.25) is 0 Å². The predicted octanol–water partition coefficient (Wildman–Crippen LogP) is 1.72. The number of nitrogens with one attached hydrogen (secondary N) is 1. The van der Waals surface area contributed by atoms with Gasteiger partial charge in [0.15, 0.2) is 0 Å². The molecule has 8 heteroatoms. The number of hydrogen-bond donors (Lipinski definition) is 2. The Kier molecular flexibility index (Phi) is 4.01. The van der Waals surface area contributed by atoms with Crippen LogP contribution >= 0.6 is 11.8 Å². The molecule has 15 heavy (non-hydrogen) atoms. The van der Waals surface area contributed by atoms with Crippen molar-refractivity contribution in [2.75, 3.05) is 23.3 Å². The molecule has 0 aromatic carbocycles. The third-order valence-electron chi connectivity index (χ3n) is 1.36. The molecule has 4 nitrogen and oxygen atoms in total. The van der Waals surface area contributed by atoms with E-state index in [1.807, 2.05) is 0 Å². The number of hydrogen-bond acceptors (Lipinski definition) is 5. The molecule has 0 fully saturated rings. The average Bonchev–Trinajstić information content (AvgIpc) is 2.11. The molecule has 1 aromatic heterocycles. The molecule has 0 amide bonds. The van der Waals surface area contributed by atoms with Crippen LogP contribution in [0.15, 0.2) is 12.4 Å². The van der Waals surface area contributed by atoms with Gasteiger partial charge in [0, 0.05) is 18.4 Å². The largest absolute Gasteiger partial charge is 0.441 e. The molecule has 84 valence electrons. The lowest BCUT2D eigenvalue weighted by Gasteiger charge is -2.07. The second-order valence-electron chi connectivity index (χ2n) is 2.55. The van der Waals surface area contributed by atoms with Crippen LogP contribution in [0.2, 0.25) is 0 Å². The van der Waals surface area contributed by atoms with Gasteiger partial charge >= 0.3 is 5.51 Å². The zero-order valence-corrected chi connectivity index (χ0v) is 8.40. The van der Waals surface area contributed by atoms with E-state index in [2.05, 4.69) is 15.3 Å². The number of alkyl halides is 3. The van der Waals surface area contributed by atoms with E-state index in [1.165, 1.54) is 12.4 Å². The van der Waals surface area contributed by atoms with Crippen LogP contribution in [0.1, 0.15) is 0 Å². The summed E-state index contributed by atoms with van der Waals surface area (Å²) in [6.07, 6.45) is 1.24. The van der Waals surface area contributed by atoms with Crippen LogP contribution in [0.3, 0.4) is 0 Å². The van der Waals surface area contributed by atoms with E-state index < -0.39 is 5.51 Å². The van der Waals surface area contributed by atoms with Gasteiger partial charge < -0.3 is 11.1 Å². The molecule has 0 aliphatic rings. The molecule has 0 unspecified atom stereocenters. The molecule has 1 rings (SSSR count). The van der Waals surface area contributed by atoms with Crippen molar-refractivity contribution in [3.05, 3.63) is 12.4 Å². The fourth-order valence-electron chi connectivity index (χ4n) is 0.815. The molecule has 0 saturated heterocycles. The van der Waals surface area contributed by atoms with E-state index in [0.29, 0.717) is 5.82 Å². The Morgan fingerprint density at radius 3 is 2.73 bits per heavy atom. The molecular formula is C7H9F3N4S. The maximum absolute atomic E-state index is 11.7. The van der Waals surface area contributed by atoms with Gasteiger partial charge in [-0.15, -0.1) is 0 Å². The first kappa shape index (κ1) is 11.9. The molecule has 0 saturated carbocycles. The van der Waals surface area contributed by atoms with Crippen molar-refractivity contribution in [1.82, 2.24) is 9.97 Å². The zero-order chi connectivity index (χ0) is 11.3. The number of nitrogens with zero attached hydrogens (tertiary/aromatic N) is 2. The van der Waals surface area contributed by atoms with Gasteiger partial charge in [-0.25, -0.2) is 9.97 Å². The van der Waals surface area contributed by atoms with Crippen LogP contribution in [0, 0.1) is 0 Å². The Morgan fingerprint density at radius 1 is 1.40 bits per heavy atom. The Balaban J connectivity index is 2.26. The average molecular weight is 238 g/mol. The maximum Gasteiger partial charge on any atom is 0.441 e. The first-order chi connectivity index (χ1) is 6.97. The van der Waals surface area contributed by atoms with Crippen molar-refractivity contribution in [2.24, 2.45) is 0 Å². The molecule has 3 N–H and O–H groups in total. The highest BCUT2D eigenvalue weighted by atomic mass is 32.2. The number of aromatic nitrogens is 2. The summed E-state index contributed by atoms with van der Waals surface area (Å²) in [5, 5.41) is 2.71. The quantitative estimate of drug-likeness (QED) is 0.782. The van der Waals surface area contributed by atoms with Crippen molar-refractivity contribution >= 4 is 23.4 Å². The minimum absolute atomic E-state index is 0.0760. The van der Waals surface area contributed by atoms with E-state index in [4.69, 9.17) is 5.73 Å². The Hall–Kier alpha value is -1.18. The number of nitrogens with two attached hydrogens (primary N) is 1. The zero-order valence-electron chi connectivity index (χ0n) is 7.58. The maximum atomic E-state index is 11.7. The Bertz CT molecular complexity index is 317. The highest BCUT2D eigenvalue weighted by Crippen LogP contribution is 2.29. The van der Waals surface area contributed by atoms with Crippen molar-refractivity contribution in [2.45, 2.75) is 5.51 Å². The van der Waals surface area contributed by atoms with Crippen LogP contribution in [-0.2, 0) is 0 Å². The summed E-state index contributed by atoms with van der Waals surface area (Å²) in [4.78, 5) is 7.43. The molecule has 0 aliphatic heterocycles. The van der Waals surface area contributed by atoms with Crippen LogP contribution in [0.25, 0.3) is 0 Å². The molecule has 0 bridgehead atoms.